The predicted molar refractivity (Wildman–Crippen MR) is 49.1 cm³/mol. The van der Waals surface area contributed by atoms with Crippen LogP contribution >= 0.6 is 15.9 Å². The Morgan fingerprint density at radius 3 is 2.00 bits per heavy atom. The maximum Gasteiger partial charge on any atom is 0.323 e. The minimum absolute atomic E-state index is 0.137. The quantitative estimate of drug-likeness (QED) is 0.575. The second-order valence-electron chi connectivity index (χ2n) is 2.75. The molecule has 0 aliphatic rings. The van der Waals surface area contributed by atoms with E-state index in [1.165, 1.54) is 24.3 Å². The summed E-state index contributed by atoms with van der Waals surface area (Å²) in [6.45, 7) is 0. The molecule has 0 aliphatic carbocycles. The Labute approximate surface area is 87.1 Å². The van der Waals surface area contributed by atoms with Crippen LogP contribution in [-0.2, 0) is 0 Å². The second-order valence-corrected chi connectivity index (χ2v) is 3.66. The molecule has 0 spiro atoms. The molecule has 5 heteroatoms. The Hall–Kier alpha value is -0.580. The molecule has 0 bridgehead atoms. The van der Waals surface area contributed by atoms with E-state index in [2.05, 4.69) is 15.9 Å². The third-order valence-corrected chi connectivity index (χ3v) is 2.86. The summed E-state index contributed by atoms with van der Waals surface area (Å²) in [6, 6.07) is 7.41. The van der Waals surface area contributed by atoms with Gasteiger partial charge in [-0.15, -0.1) is 0 Å². The van der Waals surface area contributed by atoms with Crippen LogP contribution in [0.5, 0.6) is 0 Å². The van der Waals surface area contributed by atoms with Gasteiger partial charge < -0.3 is 0 Å². The number of hydrogen-bond donors (Lipinski definition) is 0. The van der Waals surface area contributed by atoms with E-state index in [-0.39, 0.29) is 5.56 Å². The highest BCUT2D eigenvalue weighted by atomic mass is 79.9. The molecular formula is C9H7BrF4. The zero-order chi connectivity index (χ0) is 10.8. The van der Waals surface area contributed by atoms with E-state index in [1.807, 2.05) is 0 Å². The zero-order valence-corrected chi connectivity index (χ0v) is 8.52. The summed E-state index contributed by atoms with van der Waals surface area (Å²) in [5.74, 6) is -4.05. The van der Waals surface area contributed by atoms with E-state index in [0.717, 1.165) is 0 Å². The van der Waals surface area contributed by atoms with Crippen LogP contribution in [0.4, 0.5) is 17.6 Å². The number of rotatable bonds is 3. The van der Waals surface area contributed by atoms with Gasteiger partial charge in [0.25, 0.3) is 0 Å². The predicted octanol–water partition coefficient (Wildman–Crippen LogP) is 4.02. The van der Waals surface area contributed by atoms with Crippen molar-refractivity contribution in [3.8, 4) is 0 Å². The molecular weight excluding hydrogens is 264 g/mol. The molecule has 1 aromatic carbocycles. The number of alkyl halides is 5. The Kier molecular flexibility index (Phi) is 3.53. The van der Waals surface area contributed by atoms with Crippen molar-refractivity contribution in [2.24, 2.45) is 0 Å². The molecule has 0 N–H and O–H groups in total. The summed E-state index contributed by atoms with van der Waals surface area (Å²) in [4.78, 5) is -1.66. The summed E-state index contributed by atoms with van der Waals surface area (Å²) in [5.41, 5.74) is 0.137. The largest absolute Gasteiger partial charge is 0.323 e. The lowest BCUT2D eigenvalue weighted by atomic mass is 10.1. The van der Waals surface area contributed by atoms with Crippen molar-refractivity contribution in [2.45, 2.75) is 17.2 Å². The molecule has 0 radical (unpaired) electrons. The molecule has 0 fully saturated rings. The average Bonchev–Trinajstić information content (AvgIpc) is 2.17. The van der Waals surface area contributed by atoms with Crippen molar-refractivity contribution < 1.29 is 17.6 Å². The van der Waals surface area contributed by atoms with E-state index in [9.17, 15) is 17.6 Å². The Morgan fingerprint density at radius 2 is 1.57 bits per heavy atom. The van der Waals surface area contributed by atoms with E-state index >= 15 is 0 Å². The van der Waals surface area contributed by atoms with E-state index in [0.29, 0.717) is 0 Å². The molecule has 0 nitrogen and oxygen atoms in total. The van der Waals surface area contributed by atoms with Crippen LogP contribution < -0.4 is 0 Å². The topological polar surface area (TPSA) is 0 Å². The highest BCUT2D eigenvalue weighted by molar-refractivity contribution is 9.09. The van der Waals surface area contributed by atoms with Crippen molar-refractivity contribution in [3.05, 3.63) is 35.9 Å². The van der Waals surface area contributed by atoms with Crippen molar-refractivity contribution >= 4 is 15.9 Å². The summed E-state index contributed by atoms with van der Waals surface area (Å²) >= 11 is 2.58. The van der Waals surface area contributed by atoms with E-state index in [1.54, 1.807) is 6.07 Å². The first kappa shape index (κ1) is 11.5. The van der Waals surface area contributed by atoms with Crippen LogP contribution in [0, 0.1) is 0 Å². The summed E-state index contributed by atoms with van der Waals surface area (Å²) in [7, 11) is 0. The van der Waals surface area contributed by atoms with Gasteiger partial charge in [-0.2, -0.15) is 8.78 Å². The van der Waals surface area contributed by atoms with Gasteiger partial charge in [0.15, 0.2) is 0 Å². The fourth-order valence-electron chi connectivity index (χ4n) is 0.955. The molecule has 0 saturated heterocycles. The lowest BCUT2D eigenvalue weighted by molar-refractivity contribution is -0.127. The summed E-state index contributed by atoms with van der Waals surface area (Å²) in [6.07, 6.45) is -3.67. The third kappa shape index (κ3) is 2.26. The summed E-state index contributed by atoms with van der Waals surface area (Å²) < 4.78 is 49.6. The normalized spacial score (nSPS) is 14.4. The maximum absolute atomic E-state index is 12.8. The molecule has 1 unspecified atom stereocenters. The monoisotopic (exact) mass is 270 g/mol. The SMILES string of the molecule is FC(F)C(F)(F)C(Br)c1ccccc1. The molecule has 0 aliphatic heterocycles. The minimum Gasteiger partial charge on any atom is -0.204 e. The first-order valence-electron chi connectivity index (χ1n) is 3.81. The van der Waals surface area contributed by atoms with Crippen LogP contribution in [-0.4, -0.2) is 12.3 Å². The zero-order valence-electron chi connectivity index (χ0n) is 6.93. The van der Waals surface area contributed by atoms with Crippen LogP contribution in [0.25, 0.3) is 0 Å². The Balaban J connectivity index is 2.90. The lowest BCUT2D eigenvalue weighted by Crippen LogP contribution is -2.31. The minimum atomic E-state index is -4.05. The molecule has 1 rings (SSSR count). The lowest BCUT2D eigenvalue weighted by Gasteiger charge is -2.21. The van der Waals surface area contributed by atoms with Gasteiger partial charge in [-0.1, -0.05) is 46.3 Å². The molecule has 0 amide bonds. The van der Waals surface area contributed by atoms with Crippen molar-refractivity contribution in [1.29, 1.82) is 0 Å². The van der Waals surface area contributed by atoms with Gasteiger partial charge >= 0.3 is 12.3 Å². The molecule has 14 heavy (non-hydrogen) atoms. The first-order valence-corrected chi connectivity index (χ1v) is 4.73. The standard InChI is InChI=1S/C9H7BrF4/c10-7(9(13,14)8(11)12)6-4-2-1-3-5-6/h1-5,7-8H. The molecule has 0 heterocycles. The number of hydrogen-bond acceptors (Lipinski definition) is 0. The van der Waals surface area contributed by atoms with Crippen LogP contribution in [0.3, 0.4) is 0 Å². The maximum atomic E-state index is 12.8. The molecule has 0 saturated carbocycles. The van der Waals surface area contributed by atoms with Gasteiger partial charge in [0.2, 0.25) is 0 Å². The van der Waals surface area contributed by atoms with Gasteiger partial charge in [-0.25, -0.2) is 8.78 Å². The van der Waals surface area contributed by atoms with Crippen molar-refractivity contribution in [3.63, 3.8) is 0 Å². The molecule has 1 atom stereocenters. The molecule has 78 valence electrons. The van der Waals surface area contributed by atoms with Crippen molar-refractivity contribution in [1.82, 2.24) is 0 Å². The van der Waals surface area contributed by atoms with Gasteiger partial charge in [0.1, 0.15) is 4.83 Å². The van der Waals surface area contributed by atoms with Gasteiger partial charge in [-0.05, 0) is 5.56 Å². The average molecular weight is 271 g/mol. The smallest absolute Gasteiger partial charge is 0.204 e. The van der Waals surface area contributed by atoms with E-state index < -0.39 is 17.2 Å². The van der Waals surface area contributed by atoms with Gasteiger partial charge in [0, 0.05) is 0 Å². The third-order valence-electron chi connectivity index (χ3n) is 1.72. The summed E-state index contributed by atoms with van der Waals surface area (Å²) in [5, 5.41) is 0. The Bertz CT molecular complexity index is 286. The fourth-order valence-corrected chi connectivity index (χ4v) is 1.46. The van der Waals surface area contributed by atoms with Gasteiger partial charge in [-0.3, -0.25) is 0 Å². The molecule has 0 aromatic heterocycles. The highest BCUT2D eigenvalue weighted by Crippen LogP contribution is 2.42. The Morgan fingerprint density at radius 1 is 1.07 bits per heavy atom. The van der Waals surface area contributed by atoms with Crippen LogP contribution in [0.2, 0.25) is 0 Å². The highest BCUT2D eigenvalue weighted by Gasteiger charge is 2.48. The molecule has 1 aromatic rings. The van der Waals surface area contributed by atoms with Crippen LogP contribution in [0.15, 0.2) is 30.3 Å². The number of benzene rings is 1. The second kappa shape index (κ2) is 4.29. The van der Waals surface area contributed by atoms with Crippen LogP contribution in [0.1, 0.15) is 10.4 Å². The fraction of sp³-hybridized carbons (Fsp3) is 0.333. The van der Waals surface area contributed by atoms with E-state index in [4.69, 9.17) is 0 Å². The first-order chi connectivity index (χ1) is 6.46. The van der Waals surface area contributed by atoms with Crippen molar-refractivity contribution in [2.75, 3.05) is 0 Å². The van der Waals surface area contributed by atoms with Gasteiger partial charge in [0.05, 0.1) is 0 Å². The number of halogens is 5.